The summed E-state index contributed by atoms with van der Waals surface area (Å²) in [4.78, 5) is 10.5. The van der Waals surface area contributed by atoms with Gasteiger partial charge >= 0.3 is 5.69 Å². The molecule has 0 heterocycles. The number of nitro benzene ring substituents is 1. The maximum absolute atomic E-state index is 10.9. The Kier molecular flexibility index (Phi) is 4.42. The zero-order valence-corrected chi connectivity index (χ0v) is 11.6. The van der Waals surface area contributed by atoms with E-state index in [2.05, 4.69) is 5.32 Å². The second-order valence-electron chi connectivity index (χ2n) is 4.12. The molecule has 0 aliphatic rings. The maximum atomic E-state index is 10.9. The van der Waals surface area contributed by atoms with Gasteiger partial charge in [-0.3, -0.25) is 10.1 Å². The third-order valence-corrected chi connectivity index (χ3v) is 3.04. The first kappa shape index (κ1) is 14.1. The molecule has 1 N–H and O–H groups in total. The van der Waals surface area contributed by atoms with E-state index < -0.39 is 4.92 Å². The quantitative estimate of drug-likeness (QED) is 0.671. The van der Waals surface area contributed by atoms with Crippen molar-refractivity contribution in [3.63, 3.8) is 0 Å². The van der Waals surface area contributed by atoms with E-state index in [1.807, 2.05) is 12.1 Å². The molecular weight excluding hydrogens is 280 g/mol. The first-order valence-corrected chi connectivity index (χ1v) is 6.28. The van der Waals surface area contributed by atoms with Crippen molar-refractivity contribution in [2.75, 3.05) is 12.4 Å². The third kappa shape index (κ3) is 3.39. The van der Waals surface area contributed by atoms with Crippen molar-refractivity contribution in [3.05, 3.63) is 63.2 Å². The number of benzene rings is 2. The lowest BCUT2D eigenvalue weighted by Crippen LogP contribution is -2.01. The highest BCUT2D eigenvalue weighted by Crippen LogP contribution is 2.29. The zero-order valence-electron chi connectivity index (χ0n) is 10.8. The maximum Gasteiger partial charge on any atom is 0.312 e. The van der Waals surface area contributed by atoms with Crippen molar-refractivity contribution in [3.8, 4) is 5.75 Å². The summed E-state index contributed by atoms with van der Waals surface area (Å²) in [6, 6.07) is 12.2. The molecule has 20 heavy (non-hydrogen) atoms. The van der Waals surface area contributed by atoms with Crippen LogP contribution in [0.2, 0.25) is 5.02 Å². The lowest BCUT2D eigenvalue weighted by Gasteiger charge is -2.08. The number of nitrogens with zero attached hydrogens (tertiary/aromatic N) is 1. The van der Waals surface area contributed by atoms with Crippen LogP contribution in [-0.4, -0.2) is 12.0 Å². The van der Waals surface area contributed by atoms with E-state index in [1.54, 1.807) is 24.3 Å². The third-order valence-electron chi connectivity index (χ3n) is 2.79. The SMILES string of the molecule is COc1ccc(NCc2ccc(Cl)cc2)cc1[N+](=O)[O-]. The molecule has 0 bridgehead atoms. The van der Waals surface area contributed by atoms with E-state index in [1.165, 1.54) is 13.2 Å². The lowest BCUT2D eigenvalue weighted by atomic mass is 10.2. The van der Waals surface area contributed by atoms with Crippen molar-refractivity contribution in [1.29, 1.82) is 0 Å². The van der Waals surface area contributed by atoms with Gasteiger partial charge in [0.2, 0.25) is 0 Å². The Morgan fingerprint density at radius 2 is 1.95 bits per heavy atom. The van der Waals surface area contributed by atoms with Gasteiger partial charge in [-0.25, -0.2) is 0 Å². The number of rotatable bonds is 5. The largest absolute Gasteiger partial charge is 0.490 e. The minimum Gasteiger partial charge on any atom is -0.490 e. The van der Waals surface area contributed by atoms with Crippen LogP contribution in [0.25, 0.3) is 0 Å². The van der Waals surface area contributed by atoms with Gasteiger partial charge in [0.1, 0.15) is 0 Å². The summed E-state index contributed by atoms with van der Waals surface area (Å²) in [7, 11) is 1.41. The van der Waals surface area contributed by atoms with Gasteiger partial charge in [0.25, 0.3) is 0 Å². The molecule has 104 valence electrons. The predicted molar refractivity (Wildman–Crippen MR) is 78.4 cm³/mol. The van der Waals surface area contributed by atoms with E-state index in [4.69, 9.17) is 16.3 Å². The summed E-state index contributed by atoms with van der Waals surface area (Å²) in [5, 5.41) is 14.7. The summed E-state index contributed by atoms with van der Waals surface area (Å²) in [6.45, 7) is 0.556. The van der Waals surface area contributed by atoms with Gasteiger partial charge < -0.3 is 10.1 Å². The fourth-order valence-corrected chi connectivity index (χ4v) is 1.87. The molecule has 0 radical (unpaired) electrons. The summed E-state index contributed by atoms with van der Waals surface area (Å²) < 4.78 is 4.95. The molecule has 0 fully saturated rings. The van der Waals surface area contributed by atoms with Crippen molar-refractivity contribution in [2.24, 2.45) is 0 Å². The number of nitrogens with one attached hydrogen (secondary N) is 1. The summed E-state index contributed by atoms with van der Waals surface area (Å²) in [5.74, 6) is 0.243. The molecule has 0 saturated carbocycles. The highest BCUT2D eigenvalue weighted by atomic mass is 35.5. The van der Waals surface area contributed by atoms with Crippen LogP contribution in [0.5, 0.6) is 5.75 Å². The van der Waals surface area contributed by atoms with Crippen molar-refractivity contribution >= 4 is 23.0 Å². The second-order valence-corrected chi connectivity index (χ2v) is 4.56. The van der Waals surface area contributed by atoms with E-state index in [-0.39, 0.29) is 11.4 Å². The van der Waals surface area contributed by atoms with E-state index in [9.17, 15) is 10.1 Å². The Bertz CT molecular complexity index is 614. The molecular formula is C14H13ClN2O3. The zero-order chi connectivity index (χ0) is 14.5. The fraction of sp³-hybridized carbons (Fsp3) is 0.143. The number of ether oxygens (including phenoxy) is 1. The number of halogens is 1. The Morgan fingerprint density at radius 1 is 1.25 bits per heavy atom. The van der Waals surface area contributed by atoms with Crippen molar-refractivity contribution < 1.29 is 9.66 Å². The van der Waals surface area contributed by atoms with Gasteiger partial charge in [0.05, 0.1) is 12.0 Å². The Morgan fingerprint density at radius 3 is 2.55 bits per heavy atom. The first-order chi connectivity index (χ1) is 9.60. The van der Waals surface area contributed by atoms with Gasteiger partial charge in [-0.15, -0.1) is 0 Å². The highest BCUT2D eigenvalue weighted by Gasteiger charge is 2.14. The standard InChI is InChI=1S/C14H13ClN2O3/c1-20-14-7-6-12(8-13(14)17(18)19)16-9-10-2-4-11(15)5-3-10/h2-8,16H,9H2,1H3. The second kappa shape index (κ2) is 6.25. The molecule has 0 atom stereocenters. The van der Waals surface area contributed by atoms with Gasteiger partial charge in [0, 0.05) is 23.3 Å². The van der Waals surface area contributed by atoms with Crippen molar-refractivity contribution in [1.82, 2.24) is 0 Å². The Balaban J connectivity index is 2.11. The molecule has 2 rings (SSSR count). The van der Waals surface area contributed by atoms with E-state index in [0.717, 1.165) is 5.56 Å². The molecule has 0 aliphatic heterocycles. The van der Waals surface area contributed by atoms with Crippen LogP contribution in [-0.2, 0) is 6.54 Å². The lowest BCUT2D eigenvalue weighted by molar-refractivity contribution is -0.385. The van der Waals surface area contributed by atoms with Crippen LogP contribution < -0.4 is 10.1 Å². The monoisotopic (exact) mass is 292 g/mol. The summed E-state index contributed by atoms with van der Waals surface area (Å²) >= 11 is 5.81. The van der Waals surface area contributed by atoms with Gasteiger partial charge in [-0.2, -0.15) is 0 Å². The molecule has 0 spiro atoms. The number of hydrogen-bond donors (Lipinski definition) is 1. The Hall–Kier alpha value is -2.27. The van der Waals surface area contributed by atoms with Gasteiger partial charge in [0.15, 0.2) is 5.75 Å². The number of methoxy groups -OCH3 is 1. The summed E-state index contributed by atoms with van der Waals surface area (Å²) in [5.41, 5.74) is 1.63. The van der Waals surface area contributed by atoms with Crippen LogP contribution in [0.3, 0.4) is 0 Å². The molecule has 2 aromatic rings. The molecule has 0 saturated heterocycles. The van der Waals surface area contributed by atoms with Crippen LogP contribution in [0, 0.1) is 10.1 Å². The molecule has 2 aromatic carbocycles. The van der Waals surface area contributed by atoms with Crippen LogP contribution in [0.15, 0.2) is 42.5 Å². The topological polar surface area (TPSA) is 64.4 Å². The Labute approximate surface area is 121 Å². The predicted octanol–water partition coefficient (Wildman–Crippen LogP) is 3.87. The minimum absolute atomic E-state index is 0.0615. The number of nitro groups is 1. The van der Waals surface area contributed by atoms with Crippen molar-refractivity contribution in [2.45, 2.75) is 6.54 Å². The first-order valence-electron chi connectivity index (χ1n) is 5.91. The summed E-state index contributed by atoms with van der Waals surface area (Å²) in [6.07, 6.45) is 0. The van der Waals surface area contributed by atoms with Crippen LogP contribution in [0.4, 0.5) is 11.4 Å². The van der Waals surface area contributed by atoms with Gasteiger partial charge in [-0.1, -0.05) is 23.7 Å². The van der Waals surface area contributed by atoms with E-state index >= 15 is 0 Å². The number of anilines is 1. The molecule has 0 aliphatic carbocycles. The molecule has 0 aromatic heterocycles. The molecule has 6 heteroatoms. The molecule has 5 nitrogen and oxygen atoms in total. The number of hydrogen-bond acceptors (Lipinski definition) is 4. The normalized spacial score (nSPS) is 10.1. The molecule has 0 amide bonds. The fourth-order valence-electron chi connectivity index (χ4n) is 1.75. The smallest absolute Gasteiger partial charge is 0.312 e. The minimum atomic E-state index is -0.466. The average molecular weight is 293 g/mol. The molecule has 0 unspecified atom stereocenters. The van der Waals surface area contributed by atoms with Crippen LogP contribution in [0.1, 0.15) is 5.56 Å². The van der Waals surface area contributed by atoms with E-state index in [0.29, 0.717) is 17.3 Å². The van der Waals surface area contributed by atoms with Gasteiger partial charge in [-0.05, 0) is 29.8 Å². The highest BCUT2D eigenvalue weighted by molar-refractivity contribution is 6.30. The average Bonchev–Trinajstić information content (AvgIpc) is 2.46. The van der Waals surface area contributed by atoms with Crippen LogP contribution >= 0.6 is 11.6 Å².